The van der Waals surface area contributed by atoms with Crippen LogP contribution in [0.1, 0.15) is 15.9 Å². The van der Waals surface area contributed by atoms with E-state index in [0.717, 1.165) is 11.6 Å². The lowest BCUT2D eigenvalue weighted by Crippen LogP contribution is -2.04. The van der Waals surface area contributed by atoms with Crippen LogP contribution in [0.2, 0.25) is 0 Å². The third-order valence-corrected chi connectivity index (χ3v) is 3.22. The van der Waals surface area contributed by atoms with E-state index in [-0.39, 0.29) is 22.7 Å². The molecule has 0 amide bonds. The number of rotatable bonds is 3. The van der Waals surface area contributed by atoms with Crippen molar-refractivity contribution in [2.45, 2.75) is 0 Å². The Morgan fingerprint density at radius 1 is 1.05 bits per heavy atom. The smallest absolute Gasteiger partial charge is 0.336 e. The van der Waals surface area contributed by atoms with Crippen LogP contribution in [0.5, 0.6) is 5.75 Å². The van der Waals surface area contributed by atoms with Crippen molar-refractivity contribution in [2.75, 3.05) is 0 Å². The molecular formula is C18H12O4. The van der Waals surface area contributed by atoms with E-state index >= 15 is 0 Å². The third-order valence-electron chi connectivity index (χ3n) is 3.22. The summed E-state index contributed by atoms with van der Waals surface area (Å²) in [4.78, 5) is 23.9. The Morgan fingerprint density at radius 2 is 1.82 bits per heavy atom. The van der Waals surface area contributed by atoms with Crippen LogP contribution in [0.15, 0.2) is 69.9 Å². The number of benzene rings is 2. The van der Waals surface area contributed by atoms with Crippen LogP contribution in [0.4, 0.5) is 0 Å². The van der Waals surface area contributed by atoms with Gasteiger partial charge in [-0.15, -0.1) is 0 Å². The molecule has 3 aromatic rings. The zero-order chi connectivity index (χ0) is 15.5. The summed E-state index contributed by atoms with van der Waals surface area (Å²) in [5, 5.41) is 9.93. The van der Waals surface area contributed by atoms with E-state index in [4.69, 9.17) is 4.42 Å². The van der Waals surface area contributed by atoms with Gasteiger partial charge in [-0.1, -0.05) is 36.4 Å². The van der Waals surface area contributed by atoms with Crippen LogP contribution in [0, 0.1) is 0 Å². The highest BCUT2D eigenvalue weighted by Crippen LogP contribution is 2.22. The summed E-state index contributed by atoms with van der Waals surface area (Å²) >= 11 is 0. The molecule has 2 aromatic carbocycles. The van der Waals surface area contributed by atoms with Crippen molar-refractivity contribution in [1.82, 2.24) is 0 Å². The number of aromatic hydroxyl groups is 1. The lowest BCUT2D eigenvalue weighted by molar-refractivity contribution is 0.104. The Kier molecular flexibility index (Phi) is 3.58. The summed E-state index contributed by atoms with van der Waals surface area (Å²) in [5.74, 6) is -0.326. The number of phenolic OH excluding ortho intramolecular Hbond substituents is 1. The van der Waals surface area contributed by atoms with Gasteiger partial charge in [0.1, 0.15) is 11.3 Å². The fraction of sp³-hybridized carbons (Fsp3) is 0. The lowest BCUT2D eigenvalue weighted by Gasteiger charge is -2.02. The van der Waals surface area contributed by atoms with Crippen molar-refractivity contribution in [2.24, 2.45) is 0 Å². The molecule has 0 aliphatic carbocycles. The highest BCUT2D eigenvalue weighted by atomic mass is 16.4. The topological polar surface area (TPSA) is 67.5 Å². The summed E-state index contributed by atoms with van der Waals surface area (Å²) in [6.07, 6.45) is 3.10. The monoisotopic (exact) mass is 292 g/mol. The maximum absolute atomic E-state index is 12.3. The highest BCUT2D eigenvalue weighted by molar-refractivity contribution is 6.14. The first-order valence-corrected chi connectivity index (χ1v) is 6.68. The van der Waals surface area contributed by atoms with E-state index in [2.05, 4.69) is 0 Å². The van der Waals surface area contributed by atoms with Gasteiger partial charge in [-0.05, 0) is 23.8 Å². The molecular weight excluding hydrogens is 280 g/mol. The standard InChI is InChI=1S/C18H12O4/c19-13-7-8-14-15(11-18(21)22-17(14)10-13)16(20)9-6-12-4-2-1-3-5-12/h1-11,19H/b9-6+. The minimum absolute atomic E-state index is 0.0277. The number of hydrogen-bond donors (Lipinski definition) is 1. The van der Waals surface area contributed by atoms with Crippen molar-refractivity contribution in [1.29, 1.82) is 0 Å². The summed E-state index contributed by atoms with van der Waals surface area (Å²) in [7, 11) is 0. The Bertz CT molecular complexity index is 921. The Hall–Kier alpha value is -3.14. The molecule has 22 heavy (non-hydrogen) atoms. The second-order valence-corrected chi connectivity index (χ2v) is 4.77. The van der Waals surface area contributed by atoms with Gasteiger partial charge in [0.2, 0.25) is 0 Å². The SMILES string of the molecule is O=C(/C=C/c1ccccc1)c1cc(=O)oc2cc(O)ccc12. The molecule has 4 heteroatoms. The third kappa shape index (κ3) is 2.81. The number of carbonyl (C=O) groups is 1. The predicted molar refractivity (Wildman–Crippen MR) is 84.0 cm³/mol. The first-order valence-electron chi connectivity index (χ1n) is 6.68. The van der Waals surface area contributed by atoms with Crippen LogP contribution in [0.25, 0.3) is 17.0 Å². The largest absolute Gasteiger partial charge is 0.508 e. The summed E-state index contributed by atoms with van der Waals surface area (Å²) in [6.45, 7) is 0. The molecule has 0 bridgehead atoms. The number of phenols is 1. The molecule has 0 fully saturated rings. The molecule has 0 radical (unpaired) electrons. The van der Waals surface area contributed by atoms with Gasteiger partial charge in [-0.3, -0.25) is 4.79 Å². The normalized spacial score (nSPS) is 11.1. The first kappa shape index (κ1) is 13.8. The van der Waals surface area contributed by atoms with Gasteiger partial charge >= 0.3 is 5.63 Å². The number of ketones is 1. The Balaban J connectivity index is 2.04. The fourth-order valence-corrected chi connectivity index (χ4v) is 2.18. The molecule has 0 spiro atoms. The van der Waals surface area contributed by atoms with Crippen molar-refractivity contribution in [3.8, 4) is 5.75 Å². The van der Waals surface area contributed by atoms with E-state index in [1.54, 1.807) is 12.1 Å². The quantitative estimate of drug-likeness (QED) is 0.456. The summed E-state index contributed by atoms with van der Waals surface area (Å²) in [6, 6.07) is 14.9. The average molecular weight is 292 g/mol. The van der Waals surface area contributed by atoms with Crippen LogP contribution >= 0.6 is 0 Å². The van der Waals surface area contributed by atoms with Crippen molar-refractivity contribution in [3.05, 3.63) is 82.2 Å². The lowest BCUT2D eigenvalue weighted by atomic mass is 10.0. The maximum atomic E-state index is 12.3. The van der Waals surface area contributed by atoms with Gasteiger partial charge in [0.15, 0.2) is 5.78 Å². The molecule has 0 aliphatic rings. The van der Waals surface area contributed by atoms with Gasteiger partial charge in [0, 0.05) is 23.1 Å². The van der Waals surface area contributed by atoms with Gasteiger partial charge in [0.25, 0.3) is 0 Å². The van der Waals surface area contributed by atoms with Crippen LogP contribution in [-0.4, -0.2) is 10.9 Å². The highest BCUT2D eigenvalue weighted by Gasteiger charge is 2.11. The van der Waals surface area contributed by atoms with E-state index in [1.807, 2.05) is 30.3 Å². The molecule has 1 N–H and O–H groups in total. The number of fused-ring (bicyclic) bond motifs is 1. The number of carbonyl (C=O) groups excluding carboxylic acids is 1. The number of allylic oxidation sites excluding steroid dienone is 1. The molecule has 4 nitrogen and oxygen atoms in total. The molecule has 0 atom stereocenters. The molecule has 0 saturated carbocycles. The van der Waals surface area contributed by atoms with Crippen molar-refractivity contribution in [3.63, 3.8) is 0 Å². The van der Waals surface area contributed by atoms with Crippen LogP contribution < -0.4 is 5.63 Å². The van der Waals surface area contributed by atoms with Crippen molar-refractivity contribution >= 4 is 22.8 Å². The van der Waals surface area contributed by atoms with Crippen molar-refractivity contribution < 1.29 is 14.3 Å². The van der Waals surface area contributed by atoms with E-state index in [1.165, 1.54) is 18.2 Å². The molecule has 0 aliphatic heterocycles. The van der Waals surface area contributed by atoms with Gasteiger partial charge < -0.3 is 9.52 Å². The van der Waals surface area contributed by atoms with Gasteiger partial charge in [-0.25, -0.2) is 4.79 Å². The zero-order valence-electron chi connectivity index (χ0n) is 11.5. The molecule has 108 valence electrons. The minimum atomic E-state index is -0.630. The van der Waals surface area contributed by atoms with Crippen LogP contribution in [-0.2, 0) is 0 Å². The molecule has 0 unspecified atom stereocenters. The second-order valence-electron chi connectivity index (χ2n) is 4.77. The first-order chi connectivity index (χ1) is 10.6. The fourth-order valence-electron chi connectivity index (χ4n) is 2.18. The van der Waals surface area contributed by atoms with E-state index in [9.17, 15) is 14.7 Å². The predicted octanol–water partition coefficient (Wildman–Crippen LogP) is 3.39. The number of hydrogen-bond acceptors (Lipinski definition) is 4. The van der Waals surface area contributed by atoms with Gasteiger partial charge in [-0.2, -0.15) is 0 Å². The molecule has 1 aromatic heterocycles. The summed E-state index contributed by atoms with van der Waals surface area (Å²) < 4.78 is 5.00. The second kappa shape index (κ2) is 5.69. The van der Waals surface area contributed by atoms with Crippen LogP contribution in [0.3, 0.4) is 0 Å². The Morgan fingerprint density at radius 3 is 2.59 bits per heavy atom. The molecule has 3 rings (SSSR count). The maximum Gasteiger partial charge on any atom is 0.336 e. The Labute approximate surface area is 125 Å². The molecule has 0 saturated heterocycles. The van der Waals surface area contributed by atoms with Gasteiger partial charge in [0.05, 0.1) is 0 Å². The minimum Gasteiger partial charge on any atom is -0.508 e. The zero-order valence-corrected chi connectivity index (χ0v) is 11.5. The average Bonchev–Trinajstić information content (AvgIpc) is 2.52. The summed E-state index contributed by atoms with van der Waals surface area (Å²) in [5.41, 5.74) is 0.692. The van der Waals surface area contributed by atoms with E-state index < -0.39 is 5.63 Å². The van der Waals surface area contributed by atoms with E-state index in [0.29, 0.717) is 5.39 Å². The molecule has 1 heterocycles.